The number of nitrogens with one attached hydrogen (secondary N) is 1. The van der Waals surface area contributed by atoms with E-state index in [1.165, 1.54) is 42.4 Å². The quantitative estimate of drug-likeness (QED) is 0.540. The van der Waals surface area contributed by atoms with E-state index in [1.807, 2.05) is 0 Å². The van der Waals surface area contributed by atoms with Gasteiger partial charge >= 0.3 is 0 Å². The lowest BCUT2D eigenvalue weighted by molar-refractivity contribution is 0.301. The van der Waals surface area contributed by atoms with Crippen LogP contribution in [0.25, 0.3) is 0 Å². The Morgan fingerprint density at radius 3 is 2.25 bits per heavy atom. The fourth-order valence-corrected chi connectivity index (χ4v) is 2.82. The molecule has 0 aromatic heterocycles. The van der Waals surface area contributed by atoms with Crippen molar-refractivity contribution in [1.82, 2.24) is 5.32 Å². The average molecular weight is 325 g/mol. The molecule has 2 aromatic rings. The van der Waals surface area contributed by atoms with Crippen LogP contribution in [0.5, 0.6) is 5.75 Å². The Bertz CT molecular complexity index is 594. The monoisotopic (exact) mass is 325 g/mol. The van der Waals surface area contributed by atoms with Crippen molar-refractivity contribution >= 4 is 0 Å². The predicted molar refractivity (Wildman–Crippen MR) is 102 cm³/mol. The molecule has 2 nitrogen and oxygen atoms in total. The molecular weight excluding hydrogens is 294 g/mol. The van der Waals surface area contributed by atoms with Crippen molar-refractivity contribution in [3.63, 3.8) is 0 Å². The summed E-state index contributed by atoms with van der Waals surface area (Å²) in [6.07, 6.45) is 6.35. The SMILES string of the molecule is CCCCCCCOc1ccccc1CNCc1ccccc1C. The van der Waals surface area contributed by atoms with Gasteiger partial charge in [0.05, 0.1) is 6.61 Å². The highest BCUT2D eigenvalue weighted by Crippen LogP contribution is 2.18. The lowest BCUT2D eigenvalue weighted by atomic mass is 10.1. The third kappa shape index (κ3) is 6.37. The molecule has 24 heavy (non-hydrogen) atoms. The summed E-state index contributed by atoms with van der Waals surface area (Å²) in [7, 11) is 0. The summed E-state index contributed by atoms with van der Waals surface area (Å²) < 4.78 is 6.00. The van der Waals surface area contributed by atoms with Crippen LogP contribution in [0.3, 0.4) is 0 Å². The predicted octanol–water partition coefficient (Wildman–Crippen LogP) is 5.63. The first-order valence-corrected chi connectivity index (χ1v) is 9.27. The van der Waals surface area contributed by atoms with Gasteiger partial charge in [0.1, 0.15) is 5.75 Å². The fraction of sp³-hybridized carbons (Fsp3) is 0.455. The first kappa shape index (κ1) is 18.5. The zero-order chi connectivity index (χ0) is 17.0. The maximum absolute atomic E-state index is 6.00. The molecule has 0 amide bonds. The van der Waals surface area contributed by atoms with E-state index in [1.54, 1.807) is 0 Å². The molecule has 2 aromatic carbocycles. The van der Waals surface area contributed by atoms with Crippen molar-refractivity contribution in [1.29, 1.82) is 0 Å². The molecule has 0 aliphatic carbocycles. The maximum atomic E-state index is 6.00. The van der Waals surface area contributed by atoms with Crippen LogP contribution in [0.1, 0.15) is 55.7 Å². The molecule has 130 valence electrons. The van der Waals surface area contributed by atoms with Crippen molar-refractivity contribution in [2.45, 2.75) is 59.0 Å². The van der Waals surface area contributed by atoms with Gasteiger partial charge in [0.2, 0.25) is 0 Å². The second-order valence-electron chi connectivity index (χ2n) is 6.40. The molecule has 1 N–H and O–H groups in total. The van der Waals surface area contributed by atoms with Gasteiger partial charge in [0.25, 0.3) is 0 Å². The van der Waals surface area contributed by atoms with E-state index >= 15 is 0 Å². The van der Waals surface area contributed by atoms with Crippen molar-refractivity contribution in [2.24, 2.45) is 0 Å². The lowest BCUT2D eigenvalue weighted by Crippen LogP contribution is -2.14. The van der Waals surface area contributed by atoms with Crippen LogP contribution in [0.4, 0.5) is 0 Å². The molecular formula is C22H31NO. The summed E-state index contributed by atoms with van der Waals surface area (Å²) in [5.74, 6) is 1.02. The number of hydrogen-bond acceptors (Lipinski definition) is 2. The number of hydrogen-bond donors (Lipinski definition) is 1. The zero-order valence-electron chi connectivity index (χ0n) is 15.2. The van der Waals surface area contributed by atoms with E-state index < -0.39 is 0 Å². The van der Waals surface area contributed by atoms with Gasteiger partial charge in [-0.25, -0.2) is 0 Å². The minimum atomic E-state index is 0.818. The van der Waals surface area contributed by atoms with Gasteiger partial charge in [-0.1, -0.05) is 75.1 Å². The van der Waals surface area contributed by atoms with E-state index in [2.05, 4.69) is 67.7 Å². The van der Waals surface area contributed by atoms with Crippen molar-refractivity contribution in [2.75, 3.05) is 6.61 Å². The van der Waals surface area contributed by atoms with E-state index in [4.69, 9.17) is 4.74 Å². The minimum Gasteiger partial charge on any atom is -0.493 e. The smallest absolute Gasteiger partial charge is 0.123 e. The Kier molecular flexibility index (Phi) is 8.40. The highest BCUT2D eigenvalue weighted by molar-refractivity contribution is 5.33. The van der Waals surface area contributed by atoms with Crippen LogP contribution in [0.2, 0.25) is 0 Å². The molecule has 2 rings (SSSR count). The third-order valence-corrected chi connectivity index (χ3v) is 4.37. The van der Waals surface area contributed by atoms with Crippen molar-refractivity contribution < 1.29 is 4.74 Å². The highest BCUT2D eigenvalue weighted by Gasteiger charge is 2.03. The molecule has 0 spiro atoms. The zero-order valence-corrected chi connectivity index (χ0v) is 15.2. The summed E-state index contributed by atoms with van der Waals surface area (Å²) in [4.78, 5) is 0. The standard InChI is InChI=1S/C22H31NO/c1-3-4-5-6-11-16-24-22-15-10-9-14-21(22)18-23-17-20-13-8-7-12-19(20)2/h7-10,12-15,23H,3-6,11,16-18H2,1-2H3. The Morgan fingerprint density at radius 2 is 1.46 bits per heavy atom. The number of unbranched alkanes of at least 4 members (excludes halogenated alkanes) is 4. The van der Waals surface area contributed by atoms with E-state index in [0.717, 1.165) is 31.9 Å². The summed E-state index contributed by atoms with van der Waals surface area (Å²) in [6, 6.07) is 16.9. The van der Waals surface area contributed by atoms with E-state index in [0.29, 0.717) is 0 Å². The van der Waals surface area contributed by atoms with Gasteiger partial charge in [-0.05, 0) is 30.5 Å². The number of rotatable bonds is 11. The molecule has 0 aliphatic heterocycles. The van der Waals surface area contributed by atoms with Crippen LogP contribution in [-0.4, -0.2) is 6.61 Å². The molecule has 0 aliphatic rings. The number of benzene rings is 2. The van der Waals surface area contributed by atoms with Crippen molar-refractivity contribution in [3.05, 3.63) is 65.2 Å². The Hall–Kier alpha value is -1.80. The van der Waals surface area contributed by atoms with E-state index in [9.17, 15) is 0 Å². The van der Waals surface area contributed by atoms with E-state index in [-0.39, 0.29) is 0 Å². The summed E-state index contributed by atoms with van der Waals surface area (Å²) in [5.41, 5.74) is 3.92. The normalized spacial score (nSPS) is 10.8. The molecule has 0 fully saturated rings. The molecule has 0 bridgehead atoms. The summed E-state index contributed by atoms with van der Waals surface area (Å²) in [6.45, 7) is 6.94. The Balaban J connectivity index is 1.77. The second kappa shape index (κ2) is 10.9. The average Bonchev–Trinajstić information content (AvgIpc) is 2.61. The first-order chi connectivity index (χ1) is 11.8. The van der Waals surface area contributed by atoms with Gasteiger partial charge in [-0.2, -0.15) is 0 Å². The molecule has 0 saturated carbocycles. The highest BCUT2D eigenvalue weighted by atomic mass is 16.5. The maximum Gasteiger partial charge on any atom is 0.123 e. The van der Waals surface area contributed by atoms with Gasteiger partial charge in [-0.3, -0.25) is 0 Å². The molecule has 0 radical (unpaired) electrons. The van der Waals surface area contributed by atoms with Crippen LogP contribution in [0, 0.1) is 6.92 Å². The van der Waals surface area contributed by atoms with Gasteiger partial charge in [-0.15, -0.1) is 0 Å². The summed E-state index contributed by atoms with van der Waals surface area (Å²) in [5, 5.41) is 3.54. The molecule has 2 heteroatoms. The molecule has 0 saturated heterocycles. The third-order valence-electron chi connectivity index (χ3n) is 4.37. The Morgan fingerprint density at radius 1 is 0.792 bits per heavy atom. The molecule has 0 heterocycles. The largest absolute Gasteiger partial charge is 0.493 e. The first-order valence-electron chi connectivity index (χ1n) is 9.27. The fourth-order valence-electron chi connectivity index (χ4n) is 2.82. The summed E-state index contributed by atoms with van der Waals surface area (Å²) >= 11 is 0. The topological polar surface area (TPSA) is 21.3 Å². The van der Waals surface area contributed by atoms with Crippen LogP contribution < -0.4 is 10.1 Å². The molecule has 0 atom stereocenters. The Labute approximate surface area is 147 Å². The number of para-hydroxylation sites is 1. The number of aryl methyl sites for hydroxylation is 1. The second-order valence-corrected chi connectivity index (χ2v) is 6.40. The minimum absolute atomic E-state index is 0.818. The van der Waals surface area contributed by atoms with Crippen LogP contribution >= 0.6 is 0 Å². The number of ether oxygens (including phenoxy) is 1. The van der Waals surface area contributed by atoms with Crippen molar-refractivity contribution in [3.8, 4) is 5.75 Å². The van der Waals surface area contributed by atoms with Gasteiger partial charge in [0, 0.05) is 18.7 Å². The molecule has 0 unspecified atom stereocenters. The van der Waals surface area contributed by atoms with Crippen LogP contribution in [0.15, 0.2) is 48.5 Å². The van der Waals surface area contributed by atoms with Gasteiger partial charge in [0.15, 0.2) is 0 Å². The van der Waals surface area contributed by atoms with Gasteiger partial charge < -0.3 is 10.1 Å². The van der Waals surface area contributed by atoms with Crippen LogP contribution in [-0.2, 0) is 13.1 Å². The lowest BCUT2D eigenvalue weighted by Gasteiger charge is -2.13.